The molecule has 6 rings (SSSR count). The van der Waals surface area contributed by atoms with E-state index in [1.165, 1.54) is 24.3 Å². The number of aliphatic hydroxyl groups excluding tert-OH is 2. The van der Waals surface area contributed by atoms with Crippen LogP contribution < -0.4 is 9.80 Å². The average molecular weight is 765 g/mol. The Labute approximate surface area is 309 Å². The number of hydrogen-bond donors (Lipinski definition) is 5. The van der Waals surface area contributed by atoms with Gasteiger partial charge in [-0.2, -0.15) is 16.8 Å². The number of aliphatic hydroxyl groups is 2. The van der Waals surface area contributed by atoms with Crippen molar-refractivity contribution < 1.29 is 46.1 Å². The van der Waals surface area contributed by atoms with Gasteiger partial charge in [0.25, 0.3) is 20.2 Å². The number of hydrogen-bond acceptors (Lipinski definition) is 9. The Hall–Kier alpha value is -4.47. The normalized spacial score (nSPS) is 21.9. The smallest absolute Gasteiger partial charge is 0.303 e. The molecule has 0 radical (unpaired) electrons. The van der Waals surface area contributed by atoms with Crippen molar-refractivity contribution in [1.29, 1.82) is 0 Å². The minimum Gasteiger partial charge on any atom is -0.511 e. The Balaban J connectivity index is 1.39. The van der Waals surface area contributed by atoms with Crippen molar-refractivity contribution in [3.05, 3.63) is 118 Å². The molecule has 3 aromatic rings. The Kier molecular flexibility index (Phi) is 9.92. The fourth-order valence-corrected chi connectivity index (χ4v) is 8.74. The van der Waals surface area contributed by atoms with E-state index in [2.05, 4.69) is 0 Å². The third-order valence-corrected chi connectivity index (χ3v) is 12.4. The number of carboxylic acid groups (broad SMARTS) is 1. The third kappa shape index (κ3) is 7.13. The van der Waals surface area contributed by atoms with Crippen LogP contribution in [0.5, 0.6) is 0 Å². The zero-order chi connectivity index (χ0) is 38.7. The molecule has 3 aliphatic rings. The monoisotopic (exact) mass is 764 g/mol. The summed E-state index contributed by atoms with van der Waals surface area (Å²) in [4.78, 5) is 14.6. The van der Waals surface area contributed by atoms with E-state index in [0.29, 0.717) is 60.6 Å². The van der Waals surface area contributed by atoms with Gasteiger partial charge in [-0.3, -0.25) is 13.9 Å². The Bertz CT molecular complexity index is 2280. The maximum absolute atomic E-state index is 12.1. The predicted octanol–water partition coefficient (Wildman–Crippen LogP) is 6.49. The van der Waals surface area contributed by atoms with Crippen LogP contribution in [-0.4, -0.2) is 59.9 Å². The summed E-state index contributed by atoms with van der Waals surface area (Å²) in [5, 5.41) is 32.3. The first kappa shape index (κ1) is 38.3. The van der Waals surface area contributed by atoms with Crippen LogP contribution in [0.15, 0.2) is 111 Å². The summed E-state index contributed by atoms with van der Waals surface area (Å²) in [5.74, 6) is -1.75. The van der Waals surface area contributed by atoms with Crippen LogP contribution in [-0.2, 0) is 42.4 Å². The van der Waals surface area contributed by atoms with Crippen molar-refractivity contribution in [1.82, 2.24) is 0 Å². The highest BCUT2D eigenvalue weighted by Crippen LogP contribution is 2.53. The largest absolute Gasteiger partial charge is 0.511 e. The van der Waals surface area contributed by atoms with Crippen molar-refractivity contribution >= 4 is 37.6 Å². The van der Waals surface area contributed by atoms with Gasteiger partial charge in [0.2, 0.25) is 0 Å². The standard InChI is InChI=1S/C39H44N2O10S2/c1-38(2)29-19-25(52(46,47)48)14-16-31(29)40(18-10-6-9-13-35(42)43)33(38)21-27-36(44)28(37(27)45)22-34-39(3,4)30-20-26(53(49,50)51)15-17-32(30)41(34)23-24-11-7-5-8-12-24/h5,7-8,11-12,14-17,19-22,27,36,44-45H,6,9-10,13,18,23H2,1-4H3,(H,42,43)(H,46,47,48)(H,49,50,51). The lowest BCUT2D eigenvalue weighted by molar-refractivity contribution is -0.137. The molecule has 0 aromatic heterocycles. The van der Waals surface area contributed by atoms with E-state index in [4.69, 9.17) is 5.11 Å². The Morgan fingerprint density at radius 3 is 1.85 bits per heavy atom. The van der Waals surface area contributed by atoms with E-state index in [1.54, 1.807) is 24.3 Å². The maximum atomic E-state index is 12.1. The summed E-state index contributed by atoms with van der Waals surface area (Å²) in [7, 11) is -8.97. The molecule has 2 unspecified atom stereocenters. The molecule has 0 saturated heterocycles. The molecule has 0 spiro atoms. The second kappa shape index (κ2) is 13.7. The first-order chi connectivity index (χ1) is 24.7. The van der Waals surface area contributed by atoms with Crippen LogP contribution in [0.2, 0.25) is 0 Å². The van der Waals surface area contributed by atoms with Crippen LogP contribution in [0.1, 0.15) is 70.1 Å². The Morgan fingerprint density at radius 2 is 1.32 bits per heavy atom. The third-order valence-electron chi connectivity index (χ3n) is 10.7. The number of allylic oxidation sites excluding steroid dienone is 2. The minimum atomic E-state index is -4.49. The highest BCUT2D eigenvalue weighted by molar-refractivity contribution is 7.86. The van der Waals surface area contributed by atoms with Gasteiger partial charge >= 0.3 is 5.97 Å². The molecule has 0 fully saturated rings. The topological polar surface area (TPSA) is 193 Å². The van der Waals surface area contributed by atoms with Crippen LogP contribution in [0.4, 0.5) is 11.4 Å². The zero-order valence-electron chi connectivity index (χ0n) is 29.9. The molecule has 0 bridgehead atoms. The van der Waals surface area contributed by atoms with E-state index in [0.717, 1.165) is 11.3 Å². The fraction of sp³-hybridized carbons (Fsp3) is 0.359. The number of benzene rings is 3. The van der Waals surface area contributed by atoms with Gasteiger partial charge in [0.15, 0.2) is 0 Å². The summed E-state index contributed by atoms with van der Waals surface area (Å²) < 4.78 is 67.9. The number of carbonyl (C=O) groups is 1. The molecular weight excluding hydrogens is 721 g/mol. The van der Waals surface area contributed by atoms with Crippen LogP contribution in [0.25, 0.3) is 0 Å². The summed E-state index contributed by atoms with van der Waals surface area (Å²) >= 11 is 0. The van der Waals surface area contributed by atoms with E-state index >= 15 is 0 Å². The molecule has 53 heavy (non-hydrogen) atoms. The molecule has 2 heterocycles. The molecule has 2 aliphatic heterocycles. The lowest BCUT2D eigenvalue weighted by Crippen LogP contribution is -2.38. The van der Waals surface area contributed by atoms with Gasteiger partial charge in [-0.05, 0) is 72.0 Å². The van der Waals surface area contributed by atoms with Gasteiger partial charge < -0.3 is 25.1 Å². The Morgan fingerprint density at radius 1 is 0.774 bits per heavy atom. The molecular formula is C39H44N2O10S2. The number of aliphatic carboxylic acids is 1. The molecule has 0 saturated carbocycles. The van der Waals surface area contributed by atoms with Crippen molar-refractivity contribution in [2.45, 2.75) is 86.6 Å². The number of carboxylic acids is 1. The van der Waals surface area contributed by atoms with E-state index in [1.807, 2.05) is 67.8 Å². The molecule has 12 nitrogen and oxygen atoms in total. The molecule has 0 amide bonds. The van der Waals surface area contributed by atoms with Crippen LogP contribution >= 0.6 is 0 Å². The quantitative estimate of drug-likeness (QED) is 0.0996. The minimum absolute atomic E-state index is 0.0417. The molecule has 282 valence electrons. The number of nitrogens with zero attached hydrogens (tertiary/aromatic N) is 2. The molecule has 2 atom stereocenters. The van der Waals surface area contributed by atoms with E-state index in [-0.39, 0.29) is 27.5 Å². The van der Waals surface area contributed by atoms with Crippen molar-refractivity contribution in [3.8, 4) is 0 Å². The van der Waals surface area contributed by atoms with Gasteiger partial charge in [-0.15, -0.1) is 0 Å². The number of anilines is 2. The number of unbranched alkanes of at least 4 members (excludes halogenated alkanes) is 2. The second-order valence-corrected chi connectivity index (χ2v) is 17.7. The lowest BCUT2D eigenvalue weighted by Gasteiger charge is -2.37. The average Bonchev–Trinajstić information content (AvgIpc) is 3.42. The molecule has 14 heteroatoms. The number of fused-ring (bicyclic) bond motifs is 2. The molecule has 3 aromatic carbocycles. The summed E-state index contributed by atoms with van der Waals surface area (Å²) in [5.41, 5.74) is 3.76. The summed E-state index contributed by atoms with van der Waals surface area (Å²) in [6, 6.07) is 18.5. The van der Waals surface area contributed by atoms with Gasteiger partial charge in [-0.25, -0.2) is 0 Å². The fourth-order valence-electron chi connectivity index (χ4n) is 7.73. The highest BCUT2D eigenvalue weighted by Gasteiger charge is 2.47. The van der Waals surface area contributed by atoms with Crippen molar-refractivity contribution in [3.63, 3.8) is 0 Å². The first-order valence-electron chi connectivity index (χ1n) is 17.3. The molecule has 5 N–H and O–H groups in total. The van der Waals surface area contributed by atoms with Crippen LogP contribution in [0.3, 0.4) is 0 Å². The van der Waals surface area contributed by atoms with Gasteiger partial charge in [0, 0.05) is 58.7 Å². The first-order valence-corrected chi connectivity index (χ1v) is 20.2. The van der Waals surface area contributed by atoms with E-state index in [9.17, 15) is 40.9 Å². The predicted molar refractivity (Wildman–Crippen MR) is 200 cm³/mol. The van der Waals surface area contributed by atoms with Crippen molar-refractivity contribution in [2.24, 2.45) is 5.92 Å². The lowest BCUT2D eigenvalue weighted by atomic mass is 9.75. The van der Waals surface area contributed by atoms with Crippen LogP contribution in [0, 0.1) is 5.92 Å². The highest BCUT2D eigenvalue weighted by atomic mass is 32.2. The summed E-state index contributed by atoms with van der Waals surface area (Å²) in [6.45, 7) is 8.48. The number of rotatable bonds is 12. The van der Waals surface area contributed by atoms with Gasteiger partial charge in [0.05, 0.1) is 21.8 Å². The van der Waals surface area contributed by atoms with E-state index < -0.39 is 49.1 Å². The second-order valence-electron chi connectivity index (χ2n) is 14.9. The van der Waals surface area contributed by atoms with Gasteiger partial charge in [-0.1, -0.05) is 70.5 Å². The van der Waals surface area contributed by atoms with Gasteiger partial charge in [0.1, 0.15) is 5.76 Å². The zero-order valence-corrected chi connectivity index (χ0v) is 31.5. The molecule has 1 aliphatic carbocycles. The SMILES string of the molecule is CC1(C)C(=CC2C(O)=C(C=C3N(Cc4ccccc4)c4ccc(S(=O)(=O)O)cc4C3(C)C)C2O)N(CCCCCC(=O)O)c2ccc(S(=O)(=O)O)cc21. The summed E-state index contributed by atoms with van der Waals surface area (Å²) in [6.07, 6.45) is 4.17. The van der Waals surface area contributed by atoms with Crippen molar-refractivity contribution in [2.75, 3.05) is 16.3 Å². The maximum Gasteiger partial charge on any atom is 0.303 e.